The summed E-state index contributed by atoms with van der Waals surface area (Å²) < 4.78 is 27.0. The first-order valence-corrected chi connectivity index (χ1v) is 7.85. The highest BCUT2D eigenvalue weighted by molar-refractivity contribution is 7.92. The maximum absolute atomic E-state index is 12.2. The molecule has 0 radical (unpaired) electrons. The molecule has 0 heterocycles. The van der Waals surface area contributed by atoms with Crippen LogP contribution in [0.25, 0.3) is 0 Å². The van der Waals surface area contributed by atoms with Crippen molar-refractivity contribution in [3.8, 4) is 0 Å². The van der Waals surface area contributed by atoms with Gasteiger partial charge in [-0.2, -0.15) is 5.10 Å². The zero-order valence-corrected chi connectivity index (χ0v) is 12.7. The number of hydrogen-bond acceptors (Lipinski definition) is 4. The van der Waals surface area contributed by atoms with E-state index in [1.54, 1.807) is 55.5 Å². The van der Waals surface area contributed by atoms with E-state index in [9.17, 15) is 8.42 Å². The normalized spacial score (nSPS) is 12.2. The van der Waals surface area contributed by atoms with E-state index in [0.717, 1.165) is 11.1 Å². The zero-order valence-electron chi connectivity index (χ0n) is 11.9. The molecule has 0 aromatic heterocycles. The van der Waals surface area contributed by atoms with E-state index in [-0.39, 0.29) is 4.90 Å². The standard InChI is InChI=1S/C15H17N3O2S/c1-11-3-9-15(10-4-11)21(19,20)18-14-7-5-13(6-8-14)12(2)17-16/h3-10,18H,16H2,1-2H3. The second-order valence-corrected chi connectivity index (χ2v) is 6.39. The lowest BCUT2D eigenvalue weighted by Gasteiger charge is -2.09. The van der Waals surface area contributed by atoms with Gasteiger partial charge in [-0.15, -0.1) is 0 Å². The molecular weight excluding hydrogens is 286 g/mol. The molecule has 0 saturated heterocycles. The lowest BCUT2D eigenvalue weighted by atomic mass is 10.1. The molecule has 0 aliphatic heterocycles. The number of nitrogens with one attached hydrogen (secondary N) is 1. The fraction of sp³-hybridized carbons (Fsp3) is 0.133. The van der Waals surface area contributed by atoms with Gasteiger partial charge >= 0.3 is 0 Å². The van der Waals surface area contributed by atoms with Gasteiger partial charge in [0.2, 0.25) is 0 Å². The average molecular weight is 303 g/mol. The minimum atomic E-state index is -3.57. The number of rotatable bonds is 4. The lowest BCUT2D eigenvalue weighted by Crippen LogP contribution is -2.13. The van der Waals surface area contributed by atoms with Gasteiger partial charge in [-0.05, 0) is 43.7 Å². The van der Waals surface area contributed by atoms with Gasteiger partial charge in [0, 0.05) is 5.69 Å². The molecule has 0 saturated carbocycles. The monoisotopic (exact) mass is 303 g/mol. The van der Waals surface area contributed by atoms with Gasteiger partial charge < -0.3 is 5.84 Å². The summed E-state index contributed by atoms with van der Waals surface area (Å²) in [5.41, 5.74) is 3.03. The Hall–Kier alpha value is -2.34. The fourth-order valence-electron chi connectivity index (χ4n) is 1.79. The summed E-state index contributed by atoms with van der Waals surface area (Å²) in [6.45, 7) is 3.69. The zero-order chi connectivity index (χ0) is 15.5. The number of hydrogen-bond donors (Lipinski definition) is 2. The van der Waals surface area contributed by atoms with Crippen LogP contribution in [0.5, 0.6) is 0 Å². The third-order valence-electron chi connectivity index (χ3n) is 3.08. The van der Waals surface area contributed by atoms with Crippen molar-refractivity contribution in [2.24, 2.45) is 10.9 Å². The van der Waals surface area contributed by atoms with Gasteiger partial charge in [0.1, 0.15) is 0 Å². The van der Waals surface area contributed by atoms with Crippen LogP contribution in [-0.4, -0.2) is 14.1 Å². The topological polar surface area (TPSA) is 84.5 Å². The van der Waals surface area contributed by atoms with Crippen LogP contribution < -0.4 is 10.6 Å². The Morgan fingerprint density at radius 3 is 2.14 bits per heavy atom. The van der Waals surface area contributed by atoms with Crippen LogP contribution in [0.1, 0.15) is 18.1 Å². The minimum absolute atomic E-state index is 0.233. The number of nitrogens with two attached hydrogens (primary N) is 1. The Bertz CT molecular complexity index is 749. The third-order valence-corrected chi connectivity index (χ3v) is 4.48. The molecule has 110 valence electrons. The van der Waals surface area contributed by atoms with E-state index in [4.69, 9.17) is 5.84 Å². The van der Waals surface area contributed by atoms with Gasteiger partial charge in [-0.3, -0.25) is 4.72 Å². The Balaban J connectivity index is 2.23. The van der Waals surface area contributed by atoms with E-state index in [1.165, 1.54) is 0 Å². The van der Waals surface area contributed by atoms with Gasteiger partial charge in [-0.25, -0.2) is 8.42 Å². The van der Waals surface area contributed by atoms with Crippen molar-refractivity contribution in [1.82, 2.24) is 0 Å². The van der Waals surface area contributed by atoms with E-state index in [1.807, 2.05) is 6.92 Å². The third kappa shape index (κ3) is 3.61. The molecule has 21 heavy (non-hydrogen) atoms. The quantitative estimate of drug-likeness (QED) is 0.517. The van der Waals surface area contributed by atoms with Crippen molar-refractivity contribution in [2.75, 3.05) is 4.72 Å². The van der Waals surface area contributed by atoms with Gasteiger partial charge in [-0.1, -0.05) is 29.8 Å². The van der Waals surface area contributed by atoms with Crippen LogP contribution in [0.15, 0.2) is 58.5 Å². The van der Waals surface area contributed by atoms with E-state index in [0.29, 0.717) is 11.4 Å². The van der Waals surface area contributed by atoms with Gasteiger partial charge in [0.25, 0.3) is 10.0 Å². The summed E-state index contributed by atoms with van der Waals surface area (Å²) in [6, 6.07) is 13.6. The number of benzene rings is 2. The van der Waals surface area contributed by atoms with E-state index in [2.05, 4.69) is 9.82 Å². The molecule has 0 aliphatic rings. The number of sulfonamides is 1. The van der Waals surface area contributed by atoms with Crippen LogP contribution >= 0.6 is 0 Å². The molecule has 2 aromatic rings. The molecule has 0 aliphatic carbocycles. The molecule has 0 bridgehead atoms. The maximum atomic E-state index is 12.2. The van der Waals surface area contributed by atoms with Crippen LogP contribution in [0, 0.1) is 6.92 Å². The van der Waals surface area contributed by atoms with Crippen molar-refractivity contribution in [3.05, 3.63) is 59.7 Å². The molecular formula is C15H17N3O2S. The minimum Gasteiger partial charge on any atom is -0.323 e. The Morgan fingerprint density at radius 2 is 1.62 bits per heavy atom. The first-order valence-electron chi connectivity index (χ1n) is 6.37. The largest absolute Gasteiger partial charge is 0.323 e. The van der Waals surface area contributed by atoms with Gasteiger partial charge in [0.15, 0.2) is 0 Å². The molecule has 5 nitrogen and oxygen atoms in total. The number of hydrazone groups is 1. The first kappa shape index (κ1) is 15.1. The second kappa shape index (κ2) is 5.97. The van der Waals surface area contributed by atoms with Crippen LogP contribution in [0.4, 0.5) is 5.69 Å². The first-order chi connectivity index (χ1) is 9.92. The van der Waals surface area contributed by atoms with Crippen LogP contribution in [0.2, 0.25) is 0 Å². The summed E-state index contributed by atoms with van der Waals surface area (Å²) in [5.74, 6) is 5.21. The Morgan fingerprint density at radius 1 is 1.05 bits per heavy atom. The summed E-state index contributed by atoms with van der Waals surface area (Å²) in [4.78, 5) is 0.233. The average Bonchev–Trinajstić information content (AvgIpc) is 2.47. The molecule has 3 N–H and O–H groups in total. The number of aryl methyl sites for hydroxylation is 1. The molecule has 6 heteroatoms. The molecule has 0 atom stereocenters. The highest BCUT2D eigenvalue weighted by Gasteiger charge is 2.13. The highest BCUT2D eigenvalue weighted by atomic mass is 32.2. The van der Waals surface area contributed by atoms with E-state index >= 15 is 0 Å². The summed E-state index contributed by atoms with van der Waals surface area (Å²) in [5, 5.41) is 3.60. The van der Waals surface area contributed by atoms with Crippen molar-refractivity contribution < 1.29 is 8.42 Å². The van der Waals surface area contributed by atoms with Crippen LogP contribution in [-0.2, 0) is 10.0 Å². The fourth-order valence-corrected chi connectivity index (χ4v) is 2.84. The van der Waals surface area contributed by atoms with Crippen molar-refractivity contribution >= 4 is 21.4 Å². The predicted molar refractivity (Wildman–Crippen MR) is 84.8 cm³/mol. The van der Waals surface area contributed by atoms with Crippen molar-refractivity contribution in [1.29, 1.82) is 0 Å². The van der Waals surface area contributed by atoms with Gasteiger partial charge in [0.05, 0.1) is 10.6 Å². The molecule has 0 unspecified atom stereocenters. The highest BCUT2D eigenvalue weighted by Crippen LogP contribution is 2.17. The maximum Gasteiger partial charge on any atom is 0.261 e. The molecule has 0 fully saturated rings. The Labute approximate surface area is 124 Å². The van der Waals surface area contributed by atoms with Crippen LogP contribution in [0.3, 0.4) is 0 Å². The second-order valence-electron chi connectivity index (χ2n) is 4.71. The van der Waals surface area contributed by atoms with Crippen molar-refractivity contribution in [2.45, 2.75) is 18.7 Å². The Kier molecular flexibility index (Phi) is 4.28. The summed E-state index contributed by atoms with van der Waals surface area (Å²) in [7, 11) is -3.57. The number of nitrogens with zero attached hydrogens (tertiary/aromatic N) is 1. The lowest BCUT2D eigenvalue weighted by molar-refractivity contribution is 0.601. The molecule has 0 spiro atoms. The SMILES string of the molecule is CC(=NN)c1ccc(NS(=O)(=O)c2ccc(C)cc2)cc1. The summed E-state index contributed by atoms with van der Waals surface area (Å²) >= 11 is 0. The summed E-state index contributed by atoms with van der Waals surface area (Å²) in [6.07, 6.45) is 0. The predicted octanol–water partition coefficient (Wildman–Crippen LogP) is 2.48. The molecule has 0 amide bonds. The molecule has 2 rings (SSSR count). The molecule has 2 aromatic carbocycles. The smallest absolute Gasteiger partial charge is 0.261 e. The van der Waals surface area contributed by atoms with E-state index < -0.39 is 10.0 Å². The number of anilines is 1. The van der Waals surface area contributed by atoms with Crippen molar-refractivity contribution in [3.63, 3.8) is 0 Å².